The predicted octanol–water partition coefficient (Wildman–Crippen LogP) is 4.03. The summed E-state index contributed by atoms with van der Waals surface area (Å²) in [5, 5.41) is 3.73. The maximum absolute atomic E-state index is 12.2. The third-order valence-electron chi connectivity index (χ3n) is 3.99. The van der Waals surface area contributed by atoms with E-state index in [0.29, 0.717) is 22.2 Å². The van der Waals surface area contributed by atoms with Gasteiger partial charge in [0.05, 0.1) is 27.5 Å². The minimum atomic E-state index is -3.08. The summed E-state index contributed by atoms with van der Waals surface area (Å²) in [4.78, 5) is 12.2. The van der Waals surface area contributed by atoms with Crippen LogP contribution in [-0.2, 0) is 14.6 Å². The maximum atomic E-state index is 12.2. The lowest BCUT2D eigenvalue weighted by molar-refractivity contribution is -0.119. The molecule has 1 heterocycles. The van der Waals surface area contributed by atoms with E-state index in [1.54, 1.807) is 18.2 Å². The van der Waals surface area contributed by atoms with Crippen molar-refractivity contribution in [2.75, 3.05) is 16.8 Å². The van der Waals surface area contributed by atoms with Crippen LogP contribution in [0, 0.1) is 5.92 Å². The highest BCUT2D eigenvalue weighted by atomic mass is 35.5. The fourth-order valence-corrected chi connectivity index (χ4v) is 4.74. The second-order valence-electron chi connectivity index (χ2n) is 5.80. The van der Waals surface area contributed by atoms with Gasteiger partial charge in [-0.25, -0.2) is 8.42 Å². The van der Waals surface area contributed by atoms with Crippen LogP contribution in [0.2, 0.25) is 10.0 Å². The normalized spacial score (nSPS) is 19.2. The van der Waals surface area contributed by atoms with Gasteiger partial charge in [-0.15, -0.1) is 0 Å². The van der Waals surface area contributed by atoms with Gasteiger partial charge in [-0.3, -0.25) is 4.79 Å². The van der Waals surface area contributed by atoms with Crippen molar-refractivity contribution in [3.8, 4) is 11.1 Å². The first-order valence-corrected chi connectivity index (χ1v) is 9.98. The molecule has 0 bridgehead atoms. The Morgan fingerprint density at radius 1 is 1.04 bits per heavy atom. The van der Waals surface area contributed by atoms with Gasteiger partial charge in [-0.1, -0.05) is 41.4 Å². The summed E-state index contributed by atoms with van der Waals surface area (Å²) in [6.45, 7) is 0. The van der Waals surface area contributed by atoms with E-state index < -0.39 is 15.8 Å². The first-order valence-electron chi connectivity index (χ1n) is 7.41. The molecule has 1 atom stereocenters. The van der Waals surface area contributed by atoms with Crippen LogP contribution < -0.4 is 5.32 Å². The zero-order chi connectivity index (χ0) is 17.3. The molecule has 2 aromatic rings. The number of rotatable bonds is 3. The van der Waals surface area contributed by atoms with Gasteiger partial charge in [0.1, 0.15) is 0 Å². The minimum Gasteiger partial charge on any atom is -0.326 e. The number of sulfone groups is 1. The first kappa shape index (κ1) is 17.3. The van der Waals surface area contributed by atoms with Crippen LogP contribution in [0.5, 0.6) is 0 Å². The van der Waals surface area contributed by atoms with Crippen molar-refractivity contribution in [1.29, 1.82) is 0 Å². The Morgan fingerprint density at radius 2 is 1.79 bits per heavy atom. The van der Waals surface area contributed by atoms with E-state index in [2.05, 4.69) is 5.32 Å². The molecular weight excluding hydrogens is 369 g/mol. The number of halogens is 2. The Balaban J connectivity index is 1.78. The molecule has 0 spiro atoms. The number of benzene rings is 2. The molecule has 24 heavy (non-hydrogen) atoms. The van der Waals surface area contributed by atoms with Crippen molar-refractivity contribution in [1.82, 2.24) is 0 Å². The Bertz CT molecular complexity index is 896. The van der Waals surface area contributed by atoms with Crippen molar-refractivity contribution in [3.63, 3.8) is 0 Å². The van der Waals surface area contributed by atoms with Crippen LogP contribution in [0.25, 0.3) is 11.1 Å². The number of hydrogen-bond acceptors (Lipinski definition) is 3. The van der Waals surface area contributed by atoms with Crippen LogP contribution in [0.15, 0.2) is 42.5 Å². The van der Waals surface area contributed by atoms with E-state index in [1.807, 2.05) is 24.3 Å². The average molecular weight is 384 g/mol. The number of carbonyl (C=O) groups is 1. The highest BCUT2D eigenvalue weighted by molar-refractivity contribution is 7.91. The van der Waals surface area contributed by atoms with Gasteiger partial charge in [0, 0.05) is 5.69 Å². The monoisotopic (exact) mass is 383 g/mol. The van der Waals surface area contributed by atoms with Gasteiger partial charge in [-0.05, 0) is 41.8 Å². The Morgan fingerprint density at radius 3 is 2.46 bits per heavy atom. The van der Waals surface area contributed by atoms with E-state index in [9.17, 15) is 13.2 Å². The van der Waals surface area contributed by atoms with Crippen LogP contribution >= 0.6 is 23.2 Å². The predicted molar refractivity (Wildman–Crippen MR) is 97.3 cm³/mol. The highest BCUT2D eigenvalue weighted by Crippen LogP contribution is 2.30. The topological polar surface area (TPSA) is 63.2 Å². The molecule has 1 N–H and O–H groups in total. The molecule has 0 saturated carbocycles. The summed E-state index contributed by atoms with van der Waals surface area (Å²) >= 11 is 12.0. The molecule has 2 aromatic carbocycles. The van der Waals surface area contributed by atoms with Crippen LogP contribution in [-0.4, -0.2) is 25.8 Å². The molecule has 1 aliphatic rings. The second kappa shape index (κ2) is 6.75. The molecule has 0 unspecified atom stereocenters. The van der Waals surface area contributed by atoms with Crippen molar-refractivity contribution in [2.24, 2.45) is 5.92 Å². The zero-order valence-electron chi connectivity index (χ0n) is 12.6. The van der Waals surface area contributed by atoms with E-state index >= 15 is 0 Å². The minimum absolute atomic E-state index is 0.0778. The molecule has 126 valence electrons. The number of amides is 1. The maximum Gasteiger partial charge on any atom is 0.228 e. The Labute approximate surface area is 150 Å². The Kier molecular flexibility index (Phi) is 4.85. The van der Waals surface area contributed by atoms with Gasteiger partial charge in [0.15, 0.2) is 9.84 Å². The number of carbonyl (C=O) groups excluding carboxylic acids is 1. The zero-order valence-corrected chi connectivity index (χ0v) is 15.0. The van der Waals surface area contributed by atoms with Crippen molar-refractivity contribution in [2.45, 2.75) is 6.42 Å². The lowest BCUT2D eigenvalue weighted by Crippen LogP contribution is -2.23. The van der Waals surface area contributed by atoms with Gasteiger partial charge in [-0.2, -0.15) is 0 Å². The fourth-order valence-electron chi connectivity index (χ4n) is 2.70. The first-order chi connectivity index (χ1) is 11.3. The van der Waals surface area contributed by atoms with Crippen molar-refractivity contribution >= 4 is 44.6 Å². The molecule has 1 fully saturated rings. The lowest BCUT2D eigenvalue weighted by Gasteiger charge is -2.11. The molecule has 3 rings (SSSR count). The molecule has 0 radical (unpaired) electrons. The molecule has 1 aliphatic heterocycles. The third-order valence-corrected chi connectivity index (χ3v) is 6.49. The smallest absolute Gasteiger partial charge is 0.228 e. The number of hydrogen-bond donors (Lipinski definition) is 1. The van der Waals surface area contributed by atoms with Crippen LogP contribution in [0.4, 0.5) is 5.69 Å². The molecule has 0 aliphatic carbocycles. The van der Waals surface area contributed by atoms with Crippen molar-refractivity contribution in [3.05, 3.63) is 52.5 Å². The summed E-state index contributed by atoms with van der Waals surface area (Å²) in [6, 6.07) is 12.6. The number of nitrogens with one attached hydrogen (secondary N) is 1. The summed E-state index contributed by atoms with van der Waals surface area (Å²) in [6.07, 6.45) is 0.376. The highest BCUT2D eigenvalue weighted by Gasteiger charge is 2.32. The van der Waals surface area contributed by atoms with Gasteiger partial charge < -0.3 is 5.32 Å². The summed E-state index contributed by atoms with van der Waals surface area (Å²) < 4.78 is 23.0. The SMILES string of the molecule is O=C(Nc1cccc(-c2ccc(Cl)c(Cl)c2)c1)[C@H]1CCS(=O)(=O)C1. The molecular formula is C17H15Cl2NO3S. The standard InChI is InChI=1S/C17H15Cl2NO3S/c18-15-5-4-12(9-16(15)19)11-2-1-3-14(8-11)20-17(21)13-6-7-24(22,23)10-13/h1-5,8-9,13H,6-7,10H2,(H,20,21)/t13-/m0/s1. The number of anilines is 1. The fraction of sp³-hybridized carbons (Fsp3) is 0.235. The van der Waals surface area contributed by atoms with Gasteiger partial charge in [0.25, 0.3) is 0 Å². The third kappa shape index (κ3) is 3.91. The van der Waals surface area contributed by atoms with Crippen molar-refractivity contribution < 1.29 is 13.2 Å². The molecule has 7 heteroatoms. The van der Waals surface area contributed by atoms with Crippen LogP contribution in [0.3, 0.4) is 0 Å². The molecule has 0 aromatic heterocycles. The van der Waals surface area contributed by atoms with Gasteiger partial charge in [0.2, 0.25) is 5.91 Å². The molecule has 4 nitrogen and oxygen atoms in total. The van der Waals surface area contributed by atoms with Crippen LogP contribution in [0.1, 0.15) is 6.42 Å². The summed E-state index contributed by atoms with van der Waals surface area (Å²) in [7, 11) is -3.08. The largest absolute Gasteiger partial charge is 0.326 e. The summed E-state index contributed by atoms with van der Waals surface area (Å²) in [5.41, 5.74) is 2.38. The summed E-state index contributed by atoms with van der Waals surface area (Å²) in [5.74, 6) is -0.745. The average Bonchev–Trinajstić information content (AvgIpc) is 2.90. The molecule has 1 amide bonds. The van der Waals surface area contributed by atoms with E-state index in [-0.39, 0.29) is 17.4 Å². The van der Waals surface area contributed by atoms with Gasteiger partial charge >= 0.3 is 0 Å². The Hall–Kier alpha value is -1.56. The molecule has 1 saturated heterocycles. The van der Waals surface area contributed by atoms with E-state index in [0.717, 1.165) is 11.1 Å². The lowest BCUT2D eigenvalue weighted by atomic mass is 10.0. The van der Waals surface area contributed by atoms with E-state index in [1.165, 1.54) is 0 Å². The second-order valence-corrected chi connectivity index (χ2v) is 8.84. The quantitative estimate of drug-likeness (QED) is 0.869. The van der Waals surface area contributed by atoms with E-state index in [4.69, 9.17) is 23.2 Å².